The monoisotopic (exact) mass is 281 g/mol. The highest BCUT2D eigenvalue weighted by atomic mass is 79.9. The highest BCUT2D eigenvalue weighted by Crippen LogP contribution is 2.23. The fourth-order valence-electron chi connectivity index (χ4n) is 1.57. The van der Waals surface area contributed by atoms with Crippen LogP contribution in [0.5, 0.6) is 0 Å². The van der Waals surface area contributed by atoms with Crippen LogP contribution in [0.25, 0.3) is 5.69 Å². The second-order valence-corrected chi connectivity index (χ2v) is 4.42. The predicted octanol–water partition coefficient (Wildman–Crippen LogP) is 2.14. The first kappa shape index (κ1) is 11.3. The molecule has 2 aromatic rings. The molecule has 4 nitrogen and oxygen atoms in total. The highest BCUT2D eigenvalue weighted by molar-refractivity contribution is 9.10. The average Bonchev–Trinajstić information content (AvgIpc) is 2.57. The molecule has 0 fully saturated rings. The van der Waals surface area contributed by atoms with E-state index in [1.165, 1.54) is 0 Å². The number of rotatable bonds is 2. The molecule has 0 aliphatic rings. The van der Waals surface area contributed by atoms with Crippen molar-refractivity contribution in [3.05, 3.63) is 39.9 Å². The molecule has 5 heteroatoms. The van der Waals surface area contributed by atoms with Gasteiger partial charge in [-0.15, -0.1) is 0 Å². The molecule has 16 heavy (non-hydrogen) atoms. The fraction of sp³-hybridized carbons (Fsp3) is 0.273. The SMILES string of the molecule is Cc1nc(C)n(-c2ccc(CO)cc2Br)n1. The standard InChI is InChI=1S/C11H12BrN3O/c1-7-13-8(2)15(14-7)11-4-3-9(6-16)5-10(11)12/h3-5,16H,6H2,1-2H3. The molecule has 1 aromatic carbocycles. The van der Waals surface area contributed by atoms with E-state index in [0.29, 0.717) is 0 Å². The van der Waals surface area contributed by atoms with E-state index in [0.717, 1.165) is 27.4 Å². The summed E-state index contributed by atoms with van der Waals surface area (Å²) in [6.07, 6.45) is 0. The van der Waals surface area contributed by atoms with Crippen LogP contribution in [0, 0.1) is 13.8 Å². The van der Waals surface area contributed by atoms with Gasteiger partial charge >= 0.3 is 0 Å². The van der Waals surface area contributed by atoms with E-state index >= 15 is 0 Å². The van der Waals surface area contributed by atoms with Gasteiger partial charge in [0.25, 0.3) is 0 Å². The lowest BCUT2D eigenvalue weighted by molar-refractivity contribution is 0.282. The van der Waals surface area contributed by atoms with Gasteiger partial charge in [-0.3, -0.25) is 0 Å². The second kappa shape index (κ2) is 4.35. The van der Waals surface area contributed by atoms with Crippen molar-refractivity contribution in [3.63, 3.8) is 0 Å². The summed E-state index contributed by atoms with van der Waals surface area (Å²) in [4.78, 5) is 4.25. The summed E-state index contributed by atoms with van der Waals surface area (Å²) in [5.74, 6) is 1.59. The molecule has 1 N–H and O–H groups in total. The molecule has 0 bridgehead atoms. The zero-order chi connectivity index (χ0) is 11.7. The first-order chi connectivity index (χ1) is 7.61. The van der Waals surface area contributed by atoms with Crippen molar-refractivity contribution in [2.24, 2.45) is 0 Å². The molecule has 1 heterocycles. The Hall–Kier alpha value is -1.20. The van der Waals surface area contributed by atoms with Crippen LogP contribution in [0.2, 0.25) is 0 Å². The third kappa shape index (κ3) is 2.01. The molecule has 0 spiro atoms. The van der Waals surface area contributed by atoms with Crippen LogP contribution < -0.4 is 0 Å². The van der Waals surface area contributed by atoms with E-state index < -0.39 is 0 Å². The van der Waals surface area contributed by atoms with Gasteiger partial charge in [0.05, 0.1) is 12.3 Å². The average molecular weight is 282 g/mol. The van der Waals surface area contributed by atoms with Gasteiger partial charge in [-0.25, -0.2) is 9.67 Å². The van der Waals surface area contributed by atoms with E-state index in [4.69, 9.17) is 5.11 Å². The van der Waals surface area contributed by atoms with Crippen LogP contribution in [0.1, 0.15) is 17.2 Å². The minimum absolute atomic E-state index is 0.0360. The molecular formula is C11H12BrN3O. The molecule has 2 rings (SSSR count). The van der Waals surface area contributed by atoms with Gasteiger partial charge in [0, 0.05) is 4.47 Å². The Balaban J connectivity index is 2.52. The number of hydrogen-bond acceptors (Lipinski definition) is 3. The molecule has 0 aliphatic carbocycles. The molecule has 0 atom stereocenters. The topological polar surface area (TPSA) is 50.9 Å². The first-order valence-corrected chi connectivity index (χ1v) is 5.71. The minimum atomic E-state index is 0.0360. The Kier molecular flexibility index (Phi) is 3.07. The van der Waals surface area contributed by atoms with Crippen molar-refractivity contribution >= 4 is 15.9 Å². The van der Waals surface area contributed by atoms with Crippen LogP contribution in [0.4, 0.5) is 0 Å². The Morgan fingerprint density at radius 1 is 1.38 bits per heavy atom. The molecule has 1 aromatic heterocycles. The Morgan fingerprint density at radius 3 is 2.62 bits per heavy atom. The zero-order valence-corrected chi connectivity index (χ0v) is 10.7. The maximum Gasteiger partial charge on any atom is 0.148 e. The Bertz CT molecular complexity index is 522. The maximum absolute atomic E-state index is 9.03. The van der Waals surface area contributed by atoms with Crippen LogP contribution >= 0.6 is 15.9 Å². The lowest BCUT2D eigenvalue weighted by atomic mass is 10.2. The number of aliphatic hydroxyl groups excluding tert-OH is 1. The van der Waals surface area contributed by atoms with E-state index in [9.17, 15) is 0 Å². The number of benzene rings is 1. The van der Waals surface area contributed by atoms with Gasteiger partial charge < -0.3 is 5.11 Å². The Labute approximate surface area is 102 Å². The van der Waals surface area contributed by atoms with Crippen LogP contribution in [-0.2, 0) is 6.61 Å². The van der Waals surface area contributed by atoms with E-state index in [1.807, 2.05) is 32.0 Å². The minimum Gasteiger partial charge on any atom is -0.392 e. The van der Waals surface area contributed by atoms with Gasteiger partial charge in [-0.1, -0.05) is 6.07 Å². The molecule has 0 unspecified atom stereocenters. The Morgan fingerprint density at radius 2 is 2.12 bits per heavy atom. The van der Waals surface area contributed by atoms with Gasteiger partial charge in [0.1, 0.15) is 11.6 Å². The third-order valence-corrected chi connectivity index (χ3v) is 2.93. The number of nitrogens with zero attached hydrogens (tertiary/aromatic N) is 3. The molecular weight excluding hydrogens is 270 g/mol. The van der Waals surface area contributed by atoms with Crippen molar-refractivity contribution in [3.8, 4) is 5.69 Å². The number of aromatic nitrogens is 3. The summed E-state index contributed by atoms with van der Waals surface area (Å²) in [5, 5.41) is 13.3. The first-order valence-electron chi connectivity index (χ1n) is 4.91. The summed E-state index contributed by atoms with van der Waals surface area (Å²) in [7, 11) is 0. The van der Waals surface area contributed by atoms with E-state index in [-0.39, 0.29) is 6.61 Å². The molecule has 0 saturated heterocycles. The van der Waals surface area contributed by atoms with Gasteiger partial charge in [-0.2, -0.15) is 5.10 Å². The molecule has 0 aliphatic heterocycles. The summed E-state index contributed by atoms with van der Waals surface area (Å²) < 4.78 is 2.67. The van der Waals surface area contributed by atoms with E-state index in [2.05, 4.69) is 26.0 Å². The summed E-state index contributed by atoms with van der Waals surface area (Å²) in [5.41, 5.74) is 1.79. The maximum atomic E-state index is 9.03. The second-order valence-electron chi connectivity index (χ2n) is 3.56. The molecule has 84 valence electrons. The van der Waals surface area contributed by atoms with Gasteiger partial charge in [0.15, 0.2) is 0 Å². The van der Waals surface area contributed by atoms with Crippen molar-refractivity contribution < 1.29 is 5.11 Å². The highest BCUT2D eigenvalue weighted by Gasteiger charge is 2.08. The van der Waals surface area contributed by atoms with Crippen LogP contribution in [0.3, 0.4) is 0 Å². The fourth-order valence-corrected chi connectivity index (χ4v) is 2.16. The zero-order valence-electron chi connectivity index (χ0n) is 9.11. The third-order valence-electron chi connectivity index (χ3n) is 2.30. The summed E-state index contributed by atoms with van der Waals surface area (Å²) >= 11 is 3.47. The van der Waals surface area contributed by atoms with Gasteiger partial charge in [0.2, 0.25) is 0 Å². The van der Waals surface area contributed by atoms with Crippen molar-refractivity contribution in [1.82, 2.24) is 14.8 Å². The lowest BCUT2D eigenvalue weighted by Crippen LogP contribution is -2.01. The van der Waals surface area contributed by atoms with Crippen LogP contribution in [-0.4, -0.2) is 19.9 Å². The largest absolute Gasteiger partial charge is 0.392 e. The van der Waals surface area contributed by atoms with Crippen LogP contribution in [0.15, 0.2) is 22.7 Å². The lowest BCUT2D eigenvalue weighted by Gasteiger charge is -2.07. The summed E-state index contributed by atoms with van der Waals surface area (Å²) in [6.45, 7) is 3.81. The van der Waals surface area contributed by atoms with Gasteiger partial charge in [-0.05, 0) is 47.5 Å². The molecule has 0 radical (unpaired) electrons. The smallest absolute Gasteiger partial charge is 0.148 e. The van der Waals surface area contributed by atoms with Crippen molar-refractivity contribution in [2.75, 3.05) is 0 Å². The quantitative estimate of drug-likeness (QED) is 0.918. The van der Waals surface area contributed by atoms with E-state index in [1.54, 1.807) is 4.68 Å². The molecule has 0 amide bonds. The number of aryl methyl sites for hydroxylation is 2. The summed E-state index contributed by atoms with van der Waals surface area (Å²) in [6, 6.07) is 5.67. The van der Waals surface area contributed by atoms with Crippen molar-refractivity contribution in [1.29, 1.82) is 0 Å². The number of halogens is 1. The predicted molar refractivity (Wildman–Crippen MR) is 64.5 cm³/mol. The normalized spacial score (nSPS) is 10.8. The van der Waals surface area contributed by atoms with Crippen molar-refractivity contribution in [2.45, 2.75) is 20.5 Å². The number of hydrogen-bond donors (Lipinski definition) is 1. The molecule has 0 saturated carbocycles. The number of aliphatic hydroxyl groups is 1.